The summed E-state index contributed by atoms with van der Waals surface area (Å²) in [5, 5.41) is 13.1. The zero-order valence-electron chi connectivity index (χ0n) is 16.0. The first kappa shape index (κ1) is 19.1. The fourth-order valence-electron chi connectivity index (χ4n) is 3.06. The first-order valence-electron chi connectivity index (χ1n) is 9.38. The van der Waals surface area contributed by atoms with Crippen molar-refractivity contribution < 1.29 is 9.59 Å². The zero-order valence-corrected chi connectivity index (χ0v) is 16.8. The highest BCUT2D eigenvalue weighted by atomic mass is 32.1. The molecule has 0 saturated heterocycles. The molecule has 8 heteroatoms. The maximum absolute atomic E-state index is 12.7. The van der Waals surface area contributed by atoms with Crippen LogP contribution in [-0.2, 0) is 16.0 Å². The van der Waals surface area contributed by atoms with E-state index in [0.29, 0.717) is 21.3 Å². The number of aromatic nitrogens is 3. The quantitative estimate of drug-likeness (QED) is 0.514. The topological polar surface area (TPSA) is 99.8 Å². The Labute approximate surface area is 171 Å². The summed E-state index contributed by atoms with van der Waals surface area (Å²) in [5.74, 6) is 0.428. The van der Waals surface area contributed by atoms with Crippen molar-refractivity contribution in [3.05, 3.63) is 53.6 Å². The van der Waals surface area contributed by atoms with Crippen molar-refractivity contribution in [3.63, 3.8) is 0 Å². The van der Waals surface area contributed by atoms with E-state index in [1.165, 1.54) is 11.3 Å². The number of carbonyl (C=O) groups excluding carboxylic acids is 2. The van der Waals surface area contributed by atoms with E-state index in [-0.39, 0.29) is 24.2 Å². The van der Waals surface area contributed by atoms with Gasteiger partial charge in [-0.3, -0.25) is 14.7 Å². The molecule has 2 aromatic heterocycles. The Hall–Kier alpha value is -3.26. The lowest BCUT2D eigenvalue weighted by Crippen LogP contribution is -2.15. The first-order valence-corrected chi connectivity index (χ1v) is 10.2. The van der Waals surface area contributed by atoms with Crippen molar-refractivity contribution in [1.29, 1.82) is 0 Å². The average Bonchev–Trinajstić information content (AvgIpc) is 3.38. The minimum Gasteiger partial charge on any atom is -0.310 e. The molecule has 0 unspecified atom stereocenters. The van der Waals surface area contributed by atoms with E-state index in [0.717, 1.165) is 29.5 Å². The predicted octanol–water partition coefficient (Wildman–Crippen LogP) is 4.06. The molecule has 2 amide bonds. The molecule has 148 valence electrons. The number of amides is 2. The highest BCUT2D eigenvalue weighted by molar-refractivity contribution is 7.22. The van der Waals surface area contributed by atoms with Gasteiger partial charge in [0.15, 0.2) is 10.8 Å². The Balaban J connectivity index is 1.49. The van der Waals surface area contributed by atoms with Crippen molar-refractivity contribution in [2.75, 3.05) is 10.6 Å². The van der Waals surface area contributed by atoms with E-state index < -0.39 is 0 Å². The molecule has 1 aromatic carbocycles. The van der Waals surface area contributed by atoms with Gasteiger partial charge >= 0.3 is 0 Å². The lowest BCUT2D eigenvalue weighted by Gasteiger charge is -2.09. The number of hydrogen-bond donors (Lipinski definition) is 3. The summed E-state index contributed by atoms with van der Waals surface area (Å²) in [4.78, 5) is 28.9. The summed E-state index contributed by atoms with van der Waals surface area (Å²) in [6.07, 6.45) is 7.61. The number of allylic oxidation sites excluding steroid dienone is 2. The molecule has 0 aliphatic heterocycles. The van der Waals surface area contributed by atoms with E-state index in [9.17, 15) is 9.59 Å². The second-order valence-corrected chi connectivity index (χ2v) is 8.00. The number of thiazole rings is 1. The van der Waals surface area contributed by atoms with Crippen LogP contribution in [0.25, 0.3) is 16.4 Å². The second-order valence-electron chi connectivity index (χ2n) is 7.00. The lowest BCUT2D eigenvalue weighted by atomic mass is 9.99. The molecule has 2 heterocycles. The molecule has 0 spiro atoms. The Morgan fingerprint density at radius 1 is 1.34 bits per heavy atom. The van der Waals surface area contributed by atoms with Crippen molar-refractivity contribution in [2.45, 2.75) is 26.2 Å². The van der Waals surface area contributed by atoms with Crippen molar-refractivity contribution >= 4 is 50.5 Å². The van der Waals surface area contributed by atoms with Crippen LogP contribution in [-0.4, -0.2) is 27.0 Å². The van der Waals surface area contributed by atoms with Gasteiger partial charge < -0.3 is 10.6 Å². The third kappa shape index (κ3) is 4.27. The first-order chi connectivity index (χ1) is 14.0. The molecule has 1 saturated carbocycles. The van der Waals surface area contributed by atoms with Gasteiger partial charge in [0.2, 0.25) is 11.8 Å². The standard InChI is InChI=1S/C21H21N5O2S/c1-3-4-8-15-12(2)6-5-7-14(15)11-16(27)22-18-17-19(26-25-18)23-21(29-17)24-20(28)13-9-10-13/h3-8,13H,1,9-11H2,2H3,(H3,22,23,24,25,26,27,28)/b8-4-. The van der Waals surface area contributed by atoms with Gasteiger partial charge in [-0.2, -0.15) is 10.1 Å². The number of H-pyrrole nitrogens is 1. The SMILES string of the molecule is C=C/C=C\c1c(C)cccc1CC(=O)Nc1[nH]nc2nc(NC(=O)C3CC3)sc12. The number of anilines is 2. The smallest absolute Gasteiger partial charge is 0.229 e. The second kappa shape index (κ2) is 8.00. The Kier molecular flexibility index (Phi) is 5.26. The van der Waals surface area contributed by atoms with Crippen LogP contribution in [0.15, 0.2) is 36.9 Å². The molecule has 0 radical (unpaired) electrons. The number of carbonyl (C=O) groups is 2. The van der Waals surface area contributed by atoms with Gasteiger partial charge in [-0.05, 0) is 36.5 Å². The van der Waals surface area contributed by atoms with E-state index in [4.69, 9.17) is 0 Å². The maximum atomic E-state index is 12.7. The van der Waals surface area contributed by atoms with Crippen molar-refractivity contribution in [1.82, 2.24) is 15.2 Å². The molecule has 0 bridgehead atoms. The van der Waals surface area contributed by atoms with Crippen LogP contribution in [0.1, 0.15) is 29.5 Å². The number of aryl methyl sites for hydroxylation is 1. The number of nitrogens with one attached hydrogen (secondary N) is 3. The predicted molar refractivity (Wildman–Crippen MR) is 116 cm³/mol. The molecular weight excluding hydrogens is 386 g/mol. The van der Waals surface area contributed by atoms with Crippen LogP contribution in [0.2, 0.25) is 0 Å². The summed E-state index contributed by atoms with van der Waals surface area (Å²) in [6.45, 7) is 5.71. The maximum Gasteiger partial charge on any atom is 0.229 e. The van der Waals surface area contributed by atoms with Crippen LogP contribution in [0.3, 0.4) is 0 Å². The van der Waals surface area contributed by atoms with Crippen LogP contribution < -0.4 is 10.6 Å². The number of benzene rings is 1. The number of fused-ring (bicyclic) bond motifs is 1. The van der Waals surface area contributed by atoms with Gasteiger partial charge in [-0.1, -0.05) is 54.3 Å². The van der Waals surface area contributed by atoms with E-state index >= 15 is 0 Å². The number of rotatable bonds is 7. The highest BCUT2D eigenvalue weighted by Gasteiger charge is 2.30. The monoisotopic (exact) mass is 407 g/mol. The molecule has 1 aliphatic rings. The fraction of sp³-hybridized carbons (Fsp3) is 0.238. The van der Waals surface area contributed by atoms with Gasteiger partial charge in [0.1, 0.15) is 10.5 Å². The largest absolute Gasteiger partial charge is 0.310 e. The average molecular weight is 407 g/mol. The molecule has 3 aromatic rings. The van der Waals surface area contributed by atoms with Gasteiger partial charge in [0.05, 0.1) is 6.42 Å². The minimum absolute atomic E-state index is 0.00414. The molecular formula is C21H21N5O2S. The van der Waals surface area contributed by atoms with Crippen molar-refractivity contribution in [2.24, 2.45) is 5.92 Å². The highest BCUT2D eigenvalue weighted by Crippen LogP contribution is 2.34. The molecule has 1 aliphatic carbocycles. The van der Waals surface area contributed by atoms with E-state index in [2.05, 4.69) is 32.4 Å². The van der Waals surface area contributed by atoms with Crippen molar-refractivity contribution in [3.8, 4) is 0 Å². The summed E-state index contributed by atoms with van der Waals surface area (Å²) in [5.41, 5.74) is 3.51. The fourth-order valence-corrected chi connectivity index (χ4v) is 3.91. The van der Waals surface area contributed by atoms with Gasteiger partial charge in [0, 0.05) is 5.92 Å². The Bertz CT molecular complexity index is 1120. The number of hydrogen-bond acceptors (Lipinski definition) is 5. The van der Waals surface area contributed by atoms with Gasteiger partial charge in [0.25, 0.3) is 0 Å². The summed E-state index contributed by atoms with van der Waals surface area (Å²) >= 11 is 1.30. The van der Waals surface area contributed by atoms with Gasteiger partial charge in [-0.25, -0.2) is 0 Å². The third-order valence-electron chi connectivity index (χ3n) is 4.72. The number of nitrogens with zero attached hydrogens (tertiary/aromatic N) is 2. The summed E-state index contributed by atoms with van der Waals surface area (Å²) in [7, 11) is 0. The molecule has 0 atom stereocenters. The molecule has 4 rings (SSSR count). The van der Waals surface area contributed by atoms with Gasteiger partial charge in [-0.15, -0.1) is 0 Å². The molecule has 7 nitrogen and oxygen atoms in total. The Morgan fingerprint density at radius 2 is 2.17 bits per heavy atom. The van der Waals surface area contributed by atoms with E-state index in [1.54, 1.807) is 6.08 Å². The summed E-state index contributed by atoms with van der Waals surface area (Å²) in [6, 6.07) is 5.89. The van der Waals surface area contributed by atoms with Crippen LogP contribution in [0.5, 0.6) is 0 Å². The van der Waals surface area contributed by atoms with E-state index in [1.807, 2.05) is 37.3 Å². The summed E-state index contributed by atoms with van der Waals surface area (Å²) < 4.78 is 0.709. The minimum atomic E-state index is -0.161. The van der Waals surface area contributed by atoms with Crippen LogP contribution in [0.4, 0.5) is 10.9 Å². The van der Waals surface area contributed by atoms with Crippen LogP contribution >= 0.6 is 11.3 Å². The molecule has 29 heavy (non-hydrogen) atoms. The van der Waals surface area contributed by atoms with Crippen LogP contribution in [0, 0.1) is 12.8 Å². The Morgan fingerprint density at radius 3 is 2.93 bits per heavy atom. The lowest BCUT2D eigenvalue weighted by molar-refractivity contribution is -0.117. The molecule has 1 fully saturated rings. The normalized spacial score (nSPS) is 13.7. The number of aromatic amines is 1. The molecule has 3 N–H and O–H groups in total. The third-order valence-corrected chi connectivity index (χ3v) is 5.69. The zero-order chi connectivity index (χ0) is 20.4.